The molecular formula is C11H13BrFNO. The zero-order chi connectivity index (χ0) is 10.8. The van der Waals surface area contributed by atoms with E-state index in [0.717, 1.165) is 25.9 Å². The first-order valence-corrected chi connectivity index (χ1v) is 5.79. The average molecular weight is 274 g/mol. The third-order valence-electron chi connectivity index (χ3n) is 2.67. The molecule has 0 N–H and O–H groups in total. The number of anilines is 1. The third kappa shape index (κ3) is 2.09. The maximum absolute atomic E-state index is 13.7. The van der Waals surface area contributed by atoms with Crippen molar-refractivity contribution in [1.29, 1.82) is 0 Å². The van der Waals surface area contributed by atoms with Crippen LogP contribution in [0.1, 0.15) is 12.8 Å². The highest BCUT2D eigenvalue weighted by Gasteiger charge is 2.18. The summed E-state index contributed by atoms with van der Waals surface area (Å²) in [4.78, 5) is 2.06. The Balaban J connectivity index is 2.37. The van der Waals surface area contributed by atoms with Crippen LogP contribution in [0.5, 0.6) is 5.75 Å². The Hall–Kier alpha value is -0.770. The van der Waals surface area contributed by atoms with Crippen LogP contribution >= 0.6 is 15.9 Å². The van der Waals surface area contributed by atoms with Gasteiger partial charge in [-0.15, -0.1) is 0 Å². The van der Waals surface area contributed by atoms with Crippen LogP contribution in [-0.2, 0) is 0 Å². The van der Waals surface area contributed by atoms with Gasteiger partial charge in [-0.2, -0.15) is 0 Å². The second-order valence-corrected chi connectivity index (χ2v) is 4.49. The fourth-order valence-electron chi connectivity index (χ4n) is 1.88. The maximum atomic E-state index is 13.7. The standard InChI is InChI=1S/C11H13BrFNO/c1-15-11-7-10(9(13)6-8(11)12)14-4-2-3-5-14/h6-7H,2-5H2,1H3. The summed E-state index contributed by atoms with van der Waals surface area (Å²) in [6.45, 7) is 1.86. The number of nitrogens with zero attached hydrogens (tertiary/aromatic N) is 1. The Labute approximate surface area is 97.2 Å². The molecule has 1 aliphatic heterocycles. The molecule has 0 amide bonds. The minimum Gasteiger partial charge on any atom is -0.495 e. The maximum Gasteiger partial charge on any atom is 0.147 e. The van der Waals surface area contributed by atoms with E-state index in [2.05, 4.69) is 20.8 Å². The van der Waals surface area contributed by atoms with Crippen molar-refractivity contribution in [3.05, 3.63) is 22.4 Å². The monoisotopic (exact) mass is 273 g/mol. The number of hydrogen-bond acceptors (Lipinski definition) is 2. The van der Waals surface area contributed by atoms with Gasteiger partial charge < -0.3 is 9.64 Å². The molecule has 2 nitrogen and oxygen atoms in total. The van der Waals surface area contributed by atoms with Gasteiger partial charge in [-0.05, 0) is 34.8 Å². The van der Waals surface area contributed by atoms with Crippen LogP contribution in [0.15, 0.2) is 16.6 Å². The molecule has 0 spiro atoms. The van der Waals surface area contributed by atoms with E-state index in [1.54, 1.807) is 13.2 Å². The molecule has 0 unspecified atom stereocenters. The first kappa shape index (κ1) is 10.7. The van der Waals surface area contributed by atoms with Gasteiger partial charge in [0, 0.05) is 19.2 Å². The first-order valence-electron chi connectivity index (χ1n) is 5.00. The molecule has 15 heavy (non-hydrogen) atoms. The van der Waals surface area contributed by atoms with Crippen molar-refractivity contribution in [1.82, 2.24) is 0 Å². The lowest BCUT2D eigenvalue weighted by molar-refractivity contribution is 0.411. The van der Waals surface area contributed by atoms with Crippen LogP contribution in [0.2, 0.25) is 0 Å². The van der Waals surface area contributed by atoms with Crippen molar-refractivity contribution in [2.45, 2.75) is 12.8 Å². The van der Waals surface area contributed by atoms with Gasteiger partial charge in [0.15, 0.2) is 0 Å². The zero-order valence-corrected chi connectivity index (χ0v) is 10.2. The van der Waals surface area contributed by atoms with Crippen molar-refractivity contribution >= 4 is 21.6 Å². The average Bonchev–Trinajstić information content (AvgIpc) is 2.71. The fourth-order valence-corrected chi connectivity index (χ4v) is 2.35. The predicted octanol–water partition coefficient (Wildman–Crippen LogP) is 3.20. The molecule has 0 bridgehead atoms. The Morgan fingerprint density at radius 3 is 2.60 bits per heavy atom. The Morgan fingerprint density at radius 1 is 1.33 bits per heavy atom. The molecule has 1 fully saturated rings. The number of ether oxygens (including phenoxy) is 1. The summed E-state index contributed by atoms with van der Waals surface area (Å²) in [5.41, 5.74) is 0.646. The number of rotatable bonds is 2. The van der Waals surface area contributed by atoms with Crippen molar-refractivity contribution in [3.8, 4) is 5.75 Å². The topological polar surface area (TPSA) is 12.5 Å². The van der Waals surface area contributed by atoms with Crippen molar-refractivity contribution in [3.63, 3.8) is 0 Å². The lowest BCUT2D eigenvalue weighted by Crippen LogP contribution is -2.19. The van der Waals surface area contributed by atoms with Gasteiger partial charge in [0.25, 0.3) is 0 Å². The van der Waals surface area contributed by atoms with Gasteiger partial charge in [-0.1, -0.05) is 0 Å². The molecule has 0 saturated carbocycles. The van der Waals surface area contributed by atoms with E-state index < -0.39 is 0 Å². The third-order valence-corrected chi connectivity index (χ3v) is 3.29. The van der Waals surface area contributed by atoms with E-state index in [0.29, 0.717) is 15.9 Å². The predicted molar refractivity (Wildman–Crippen MR) is 62.1 cm³/mol. The largest absolute Gasteiger partial charge is 0.495 e. The summed E-state index contributed by atoms with van der Waals surface area (Å²) in [5.74, 6) is 0.489. The second-order valence-electron chi connectivity index (χ2n) is 3.63. The molecule has 1 aliphatic rings. The van der Waals surface area contributed by atoms with Gasteiger partial charge in [0.1, 0.15) is 11.6 Å². The quantitative estimate of drug-likeness (QED) is 0.821. The van der Waals surface area contributed by atoms with E-state index in [9.17, 15) is 4.39 Å². The molecule has 1 aromatic rings. The molecule has 82 valence electrons. The van der Waals surface area contributed by atoms with Gasteiger partial charge in [-0.3, -0.25) is 0 Å². The van der Waals surface area contributed by atoms with Crippen LogP contribution in [0.3, 0.4) is 0 Å². The molecule has 1 heterocycles. The van der Waals surface area contributed by atoms with Gasteiger partial charge in [0.05, 0.1) is 17.3 Å². The van der Waals surface area contributed by atoms with E-state index in [4.69, 9.17) is 4.74 Å². The van der Waals surface area contributed by atoms with E-state index in [1.165, 1.54) is 6.07 Å². The van der Waals surface area contributed by atoms with Crippen LogP contribution in [-0.4, -0.2) is 20.2 Å². The minimum atomic E-state index is -0.190. The number of hydrogen-bond donors (Lipinski definition) is 0. The number of methoxy groups -OCH3 is 1. The van der Waals surface area contributed by atoms with Gasteiger partial charge in [-0.25, -0.2) is 4.39 Å². The summed E-state index contributed by atoms with van der Waals surface area (Å²) in [6.07, 6.45) is 2.27. The Bertz CT molecular complexity index is 364. The lowest BCUT2D eigenvalue weighted by Gasteiger charge is -2.19. The smallest absolute Gasteiger partial charge is 0.147 e. The lowest BCUT2D eigenvalue weighted by atomic mass is 10.2. The van der Waals surface area contributed by atoms with Gasteiger partial charge in [0.2, 0.25) is 0 Å². The van der Waals surface area contributed by atoms with Crippen LogP contribution in [0.4, 0.5) is 10.1 Å². The molecule has 0 radical (unpaired) electrons. The molecule has 4 heteroatoms. The molecular weight excluding hydrogens is 261 g/mol. The highest BCUT2D eigenvalue weighted by Crippen LogP contribution is 2.33. The first-order chi connectivity index (χ1) is 7.22. The molecule has 1 aromatic carbocycles. The van der Waals surface area contributed by atoms with Crippen molar-refractivity contribution in [2.24, 2.45) is 0 Å². The fraction of sp³-hybridized carbons (Fsp3) is 0.455. The summed E-state index contributed by atoms with van der Waals surface area (Å²) in [6, 6.07) is 3.22. The SMILES string of the molecule is COc1cc(N2CCCC2)c(F)cc1Br. The van der Waals surface area contributed by atoms with Crippen molar-refractivity contribution in [2.75, 3.05) is 25.1 Å². The summed E-state index contributed by atoms with van der Waals surface area (Å²) >= 11 is 3.27. The van der Waals surface area contributed by atoms with Crippen LogP contribution in [0, 0.1) is 5.82 Å². The highest BCUT2D eigenvalue weighted by molar-refractivity contribution is 9.10. The summed E-state index contributed by atoms with van der Waals surface area (Å²) in [5, 5.41) is 0. The second kappa shape index (κ2) is 4.39. The number of halogens is 2. The van der Waals surface area contributed by atoms with Crippen LogP contribution < -0.4 is 9.64 Å². The Morgan fingerprint density at radius 2 is 2.00 bits per heavy atom. The van der Waals surface area contributed by atoms with Gasteiger partial charge >= 0.3 is 0 Å². The molecule has 0 aliphatic carbocycles. The minimum absolute atomic E-state index is 0.190. The Kier molecular flexibility index (Phi) is 3.14. The highest BCUT2D eigenvalue weighted by atomic mass is 79.9. The summed E-state index contributed by atoms with van der Waals surface area (Å²) in [7, 11) is 1.59. The van der Waals surface area contributed by atoms with E-state index in [-0.39, 0.29) is 5.82 Å². The molecule has 2 rings (SSSR count). The van der Waals surface area contributed by atoms with E-state index >= 15 is 0 Å². The number of benzene rings is 1. The molecule has 0 atom stereocenters. The normalized spacial score (nSPS) is 15.8. The molecule has 1 saturated heterocycles. The zero-order valence-electron chi connectivity index (χ0n) is 8.59. The van der Waals surface area contributed by atoms with Crippen LogP contribution in [0.25, 0.3) is 0 Å². The molecule has 0 aromatic heterocycles. The van der Waals surface area contributed by atoms with Crippen molar-refractivity contribution < 1.29 is 9.13 Å². The summed E-state index contributed by atoms with van der Waals surface area (Å²) < 4.78 is 19.5. The van der Waals surface area contributed by atoms with E-state index in [1.807, 2.05) is 0 Å².